The lowest BCUT2D eigenvalue weighted by atomic mass is 9.96. The summed E-state index contributed by atoms with van der Waals surface area (Å²) in [6.07, 6.45) is 0.695. The maximum atomic E-state index is 12.4. The molecule has 0 saturated carbocycles. The lowest BCUT2D eigenvalue weighted by Crippen LogP contribution is -2.33. The van der Waals surface area contributed by atoms with E-state index in [1.54, 1.807) is 61.5 Å². The number of hydrogen-bond acceptors (Lipinski definition) is 7. The Bertz CT molecular complexity index is 915. The van der Waals surface area contributed by atoms with Gasteiger partial charge in [-0.1, -0.05) is 43.3 Å². The third-order valence-corrected chi connectivity index (χ3v) is 4.17. The van der Waals surface area contributed by atoms with Gasteiger partial charge >= 0.3 is 6.09 Å². The smallest absolute Gasteiger partial charge is 0.414 e. The number of carbonyl (C=O) groups is 3. The standard InChI is InChI=1S/C22H24N2O7/c1-15(10-11-19(26)24-29)20(17-8-5-9-18(14-17)30-13-12-25)31-22(28)23-21(27)16-6-3-2-4-7-16/h2-11,14-15,20,25,29H,12-13H2,1H3,(H,24,26)(H,23,27,28)/b11-10+/t15-,20-/m1/s1. The van der Waals surface area contributed by atoms with Crippen molar-refractivity contribution in [2.24, 2.45) is 5.92 Å². The molecular formula is C22H24N2O7. The molecule has 3 amide bonds. The second-order valence-electron chi connectivity index (χ2n) is 6.48. The maximum Gasteiger partial charge on any atom is 0.414 e. The number of hydroxylamine groups is 1. The van der Waals surface area contributed by atoms with Gasteiger partial charge in [-0.15, -0.1) is 0 Å². The van der Waals surface area contributed by atoms with Crippen LogP contribution in [0.15, 0.2) is 66.7 Å². The van der Waals surface area contributed by atoms with Crippen molar-refractivity contribution in [3.8, 4) is 5.75 Å². The highest BCUT2D eigenvalue weighted by Crippen LogP contribution is 2.30. The van der Waals surface area contributed by atoms with Crippen molar-refractivity contribution < 1.29 is 34.2 Å². The number of imide groups is 1. The molecule has 31 heavy (non-hydrogen) atoms. The summed E-state index contributed by atoms with van der Waals surface area (Å²) in [6, 6.07) is 14.9. The monoisotopic (exact) mass is 428 g/mol. The normalized spacial score (nSPS) is 12.6. The van der Waals surface area contributed by atoms with Crippen LogP contribution in [0.25, 0.3) is 0 Å². The number of ether oxygens (including phenoxy) is 2. The average Bonchev–Trinajstić information content (AvgIpc) is 2.80. The Hall–Kier alpha value is -3.69. The third kappa shape index (κ3) is 7.57. The number of amides is 3. The van der Waals surface area contributed by atoms with Gasteiger partial charge in [0.25, 0.3) is 11.8 Å². The predicted molar refractivity (Wildman–Crippen MR) is 110 cm³/mol. The van der Waals surface area contributed by atoms with Gasteiger partial charge in [0, 0.05) is 17.6 Å². The zero-order chi connectivity index (χ0) is 22.6. The first-order chi connectivity index (χ1) is 14.9. The number of hydrogen-bond donors (Lipinski definition) is 4. The minimum atomic E-state index is -0.965. The van der Waals surface area contributed by atoms with Crippen molar-refractivity contribution in [1.29, 1.82) is 0 Å². The quantitative estimate of drug-likeness (QED) is 0.274. The van der Waals surface area contributed by atoms with Gasteiger partial charge in [-0.05, 0) is 29.8 Å². The Labute approximate surface area is 179 Å². The van der Waals surface area contributed by atoms with Crippen molar-refractivity contribution >= 4 is 17.9 Å². The van der Waals surface area contributed by atoms with E-state index in [9.17, 15) is 14.4 Å². The van der Waals surface area contributed by atoms with E-state index in [1.807, 2.05) is 0 Å². The molecule has 4 N–H and O–H groups in total. The number of rotatable bonds is 9. The van der Waals surface area contributed by atoms with E-state index in [1.165, 1.54) is 11.6 Å². The summed E-state index contributed by atoms with van der Waals surface area (Å²) in [5.74, 6) is -1.42. The molecule has 164 valence electrons. The molecular weight excluding hydrogens is 404 g/mol. The maximum absolute atomic E-state index is 12.4. The second-order valence-corrected chi connectivity index (χ2v) is 6.48. The topological polar surface area (TPSA) is 134 Å². The fraction of sp³-hybridized carbons (Fsp3) is 0.227. The summed E-state index contributed by atoms with van der Waals surface area (Å²) >= 11 is 0. The van der Waals surface area contributed by atoms with Gasteiger partial charge in [0.1, 0.15) is 18.5 Å². The molecule has 2 rings (SSSR count). The molecule has 0 saturated heterocycles. The van der Waals surface area contributed by atoms with Crippen LogP contribution >= 0.6 is 0 Å². The molecule has 2 atom stereocenters. The molecule has 9 nitrogen and oxygen atoms in total. The van der Waals surface area contributed by atoms with Crippen LogP contribution in [0, 0.1) is 5.92 Å². The number of carbonyl (C=O) groups excluding carboxylic acids is 3. The predicted octanol–water partition coefficient (Wildman–Crippen LogP) is 2.36. The highest BCUT2D eigenvalue weighted by atomic mass is 16.6. The molecule has 0 bridgehead atoms. The Morgan fingerprint density at radius 1 is 1.10 bits per heavy atom. The Morgan fingerprint density at radius 2 is 1.84 bits per heavy atom. The number of nitrogens with one attached hydrogen (secondary N) is 2. The minimum absolute atomic E-state index is 0.0904. The lowest BCUT2D eigenvalue weighted by molar-refractivity contribution is -0.124. The first kappa shape index (κ1) is 23.6. The number of aliphatic hydroxyl groups excluding tert-OH is 1. The number of aliphatic hydroxyl groups is 1. The summed E-state index contributed by atoms with van der Waals surface area (Å²) in [5.41, 5.74) is 2.32. The summed E-state index contributed by atoms with van der Waals surface area (Å²) in [5, 5.41) is 19.8. The van der Waals surface area contributed by atoms with E-state index in [0.717, 1.165) is 6.08 Å². The molecule has 0 radical (unpaired) electrons. The van der Waals surface area contributed by atoms with E-state index in [0.29, 0.717) is 16.9 Å². The van der Waals surface area contributed by atoms with Gasteiger partial charge in [0.15, 0.2) is 0 Å². The summed E-state index contributed by atoms with van der Waals surface area (Å²) in [4.78, 5) is 35.9. The van der Waals surface area contributed by atoms with Crippen LogP contribution in [0.2, 0.25) is 0 Å². The van der Waals surface area contributed by atoms with E-state index in [4.69, 9.17) is 19.8 Å². The molecule has 2 aromatic rings. The van der Waals surface area contributed by atoms with Crippen LogP contribution in [-0.4, -0.2) is 41.4 Å². The first-order valence-electron chi connectivity index (χ1n) is 9.47. The van der Waals surface area contributed by atoms with Crippen LogP contribution in [0.4, 0.5) is 4.79 Å². The molecule has 9 heteroatoms. The van der Waals surface area contributed by atoms with Gasteiger partial charge in [-0.3, -0.25) is 20.1 Å². The molecule has 0 aromatic heterocycles. The molecule has 0 unspecified atom stereocenters. The van der Waals surface area contributed by atoms with Crippen molar-refractivity contribution in [2.75, 3.05) is 13.2 Å². The first-order valence-corrected chi connectivity index (χ1v) is 9.47. The van der Waals surface area contributed by atoms with Crippen LogP contribution in [-0.2, 0) is 9.53 Å². The zero-order valence-electron chi connectivity index (χ0n) is 16.9. The average molecular weight is 428 g/mol. The minimum Gasteiger partial charge on any atom is -0.491 e. The van der Waals surface area contributed by atoms with E-state index in [2.05, 4.69) is 5.32 Å². The summed E-state index contributed by atoms with van der Waals surface area (Å²) in [6.45, 7) is 1.62. The highest BCUT2D eigenvalue weighted by molar-refractivity contribution is 6.02. The number of alkyl carbamates (subject to hydrolysis) is 1. The Morgan fingerprint density at radius 3 is 2.52 bits per heavy atom. The van der Waals surface area contributed by atoms with Gasteiger partial charge in [-0.25, -0.2) is 10.3 Å². The fourth-order valence-electron chi connectivity index (χ4n) is 2.70. The highest BCUT2D eigenvalue weighted by Gasteiger charge is 2.24. The summed E-state index contributed by atoms with van der Waals surface area (Å²) < 4.78 is 10.9. The SMILES string of the molecule is C[C@H](/C=C/C(=O)NO)[C@@H](OC(=O)NC(=O)c1ccccc1)c1cccc(OCCO)c1. The number of benzene rings is 2. The largest absolute Gasteiger partial charge is 0.491 e. The second kappa shape index (κ2) is 12.1. The van der Waals surface area contributed by atoms with Crippen molar-refractivity contribution in [1.82, 2.24) is 10.8 Å². The van der Waals surface area contributed by atoms with Crippen LogP contribution in [0.5, 0.6) is 5.75 Å². The Balaban J connectivity index is 2.20. The lowest BCUT2D eigenvalue weighted by Gasteiger charge is -2.23. The van der Waals surface area contributed by atoms with Crippen molar-refractivity contribution in [3.63, 3.8) is 0 Å². The molecule has 0 heterocycles. The summed E-state index contributed by atoms with van der Waals surface area (Å²) in [7, 11) is 0. The van der Waals surface area contributed by atoms with Crippen LogP contribution in [0.1, 0.15) is 28.9 Å². The Kier molecular flexibility index (Phi) is 9.21. The zero-order valence-corrected chi connectivity index (χ0v) is 16.9. The molecule has 0 aliphatic rings. The van der Waals surface area contributed by atoms with Crippen molar-refractivity contribution in [2.45, 2.75) is 13.0 Å². The van der Waals surface area contributed by atoms with Gasteiger partial charge in [0.05, 0.1) is 6.61 Å². The molecule has 0 aliphatic carbocycles. The van der Waals surface area contributed by atoms with Crippen molar-refractivity contribution in [3.05, 3.63) is 77.9 Å². The third-order valence-electron chi connectivity index (χ3n) is 4.17. The van der Waals surface area contributed by atoms with E-state index in [-0.39, 0.29) is 13.2 Å². The van der Waals surface area contributed by atoms with Crippen LogP contribution < -0.4 is 15.5 Å². The fourth-order valence-corrected chi connectivity index (χ4v) is 2.70. The van der Waals surface area contributed by atoms with E-state index >= 15 is 0 Å². The van der Waals surface area contributed by atoms with Gasteiger partial charge in [-0.2, -0.15) is 0 Å². The molecule has 0 spiro atoms. The molecule has 2 aromatic carbocycles. The van der Waals surface area contributed by atoms with Crippen LogP contribution in [0.3, 0.4) is 0 Å². The molecule has 0 fully saturated rings. The van der Waals surface area contributed by atoms with E-state index < -0.39 is 29.9 Å². The van der Waals surface area contributed by atoms with Gasteiger partial charge in [0.2, 0.25) is 0 Å². The van der Waals surface area contributed by atoms with Gasteiger partial charge < -0.3 is 14.6 Å². The molecule has 0 aliphatic heterocycles.